The van der Waals surface area contributed by atoms with E-state index in [-0.39, 0.29) is 11.4 Å². The number of alkyl halides is 3. The second kappa shape index (κ2) is 4.30. The number of nitrogens with zero attached hydrogens (tertiary/aromatic N) is 3. The van der Waals surface area contributed by atoms with Gasteiger partial charge in [-0.1, -0.05) is 5.21 Å². The van der Waals surface area contributed by atoms with Crippen LogP contribution in [0.25, 0.3) is 5.69 Å². The van der Waals surface area contributed by atoms with Gasteiger partial charge in [-0.2, -0.15) is 13.2 Å². The first kappa shape index (κ1) is 12.4. The van der Waals surface area contributed by atoms with Gasteiger partial charge < -0.3 is 10.2 Å². The summed E-state index contributed by atoms with van der Waals surface area (Å²) in [5.74, 6) is -0.0743. The lowest BCUT2D eigenvalue weighted by molar-refractivity contribution is -0.143. The van der Waals surface area contributed by atoms with Crippen LogP contribution in [0.4, 0.5) is 13.2 Å². The molecule has 1 aromatic heterocycles. The molecule has 1 heterocycles. The third-order valence-electron chi connectivity index (χ3n) is 2.25. The van der Waals surface area contributed by atoms with Gasteiger partial charge in [0.25, 0.3) is 0 Å². The van der Waals surface area contributed by atoms with E-state index in [0.717, 1.165) is 0 Å². The molecule has 2 aromatic rings. The van der Waals surface area contributed by atoms with Gasteiger partial charge in [0.1, 0.15) is 11.4 Å². The maximum atomic E-state index is 12.8. The molecule has 1 aromatic carbocycles. The zero-order valence-corrected chi connectivity index (χ0v) is 8.89. The maximum Gasteiger partial charge on any atom is 0.435 e. The third-order valence-corrected chi connectivity index (χ3v) is 2.25. The van der Waals surface area contributed by atoms with Gasteiger partial charge in [-0.05, 0) is 24.3 Å². The Kier molecular flexibility index (Phi) is 2.95. The van der Waals surface area contributed by atoms with Crippen molar-refractivity contribution in [1.29, 1.82) is 0 Å². The average Bonchev–Trinajstić information content (AvgIpc) is 2.73. The van der Waals surface area contributed by atoms with Crippen LogP contribution in [-0.4, -0.2) is 25.2 Å². The van der Waals surface area contributed by atoms with Gasteiger partial charge in [-0.25, -0.2) is 4.68 Å². The highest BCUT2D eigenvalue weighted by Gasteiger charge is 2.39. The predicted molar refractivity (Wildman–Crippen MR) is 53.9 cm³/mol. The van der Waals surface area contributed by atoms with E-state index in [1.807, 2.05) is 0 Å². The Hall–Kier alpha value is -2.09. The summed E-state index contributed by atoms with van der Waals surface area (Å²) in [6.45, 7) is -0.854. The highest BCUT2D eigenvalue weighted by atomic mass is 19.4. The number of benzene rings is 1. The predicted octanol–water partition coefficient (Wildman–Crippen LogP) is 1.48. The number of aliphatic hydroxyl groups is 1. The first-order valence-electron chi connectivity index (χ1n) is 4.85. The monoisotopic (exact) mass is 259 g/mol. The van der Waals surface area contributed by atoms with Crippen LogP contribution in [0.3, 0.4) is 0 Å². The molecule has 0 spiro atoms. The number of rotatable bonds is 2. The molecule has 2 N–H and O–H groups in total. The molecule has 0 fully saturated rings. The molecule has 0 bridgehead atoms. The summed E-state index contributed by atoms with van der Waals surface area (Å²) < 4.78 is 39.1. The van der Waals surface area contributed by atoms with Crippen LogP contribution >= 0.6 is 0 Å². The summed E-state index contributed by atoms with van der Waals surface area (Å²) >= 11 is 0. The van der Waals surface area contributed by atoms with Crippen molar-refractivity contribution in [2.75, 3.05) is 0 Å². The Labute approximate surface area is 99.1 Å². The van der Waals surface area contributed by atoms with Crippen molar-refractivity contribution in [2.24, 2.45) is 0 Å². The number of aliphatic hydroxyl groups excluding tert-OH is 1. The Morgan fingerprint density at radius 1 is 1.17 bits per heavy atom. The number of aromatic nitrogens is 3. The van der Waals surface area contributed by atoms with Crippen molar-refractivity contribution in [3.63, 3.8) is 0 Å². The zero-order valence-electron chi connectivity index (χ0n) is 8.89. The molecule has 0 saturated carbocycles. The second-order valence-electron chi connectivity index (χ2n) is 3.47. The average molecular weight is 259 g/mol. The lowest BCUT2D eigenvalue weighted by Crippen LogP contribution is -2.15. The van der Waals surface area contributed by atoms with Gasteiger partial charge in [-0.3, -0.25) is 0 Å². The molecule has 8 heteroatoms. The Morgan fingerprint density at radius 2 is 1.78 bits per heavy atom. The normalized spacial score (nSPS) is 11.8. The molecule has 0 amide bonds. The minimum absolute atomic E-state index is 0.0743. The smallest absolute Gasteiger partial charge is 0.435 e. The maximum absolute atomic E-state index is 12.8. The van der Waals surface area contributed by atoms with Crippen molar-refractivity contribution in [2.45, 2.75) is 12.8 Å². The summed E-state index contributed by atoms with van der Waals surface area (Å²) in [5, 5.41) is 24.5. The van der Waals surface area contributed by atoms with Gasteiger partial charge in [0.05, 0.1) is 12.3 Å². The van der Waals surface area contributed by atoms with Crippen LogP contribution in [0, 0.1) is 0 Å². The number of aromatic hydroxyl groups is 1. The third kappa shape index (κ3) is 2.14. The largest absolute Gasteiger partial charge is 0.508 e. The van der Waals surface area contributed by atoms with Gasteiger partial charge in [-0.15, -0.1) is 5.10 Å². The summed E-state index contributed by atoms with van der Waals surface area (Å²) in [6, 6.07) is 4.99. The van der Waals surface area contributed by atoms with E-state index in [1.165, 1.54) is 24.3 Å². The number of phenols is 1. The molecule has 2 rings (SSSR count). The molecular weight excluding hydrogens is 251 g/mol. The lowest BCUT2D eigenvalue weighted by atomic mass is 10.2. The van der Waals surface area contributed by atoms with E-state index in [2.05, 4.69) is 10.3 Å². The van der Waals surface area contributed by atoms with Crippen molar-refractivity contribution in [3.8, 4) is 11.4 Å². The first-order chi connectivity index (χ1) is 8.43. The molecule has 0 radical (unpaired) electrons. The van der Waals surface area contributed by atoms with E-state index < -0.39 is 24.2 Å². The van der Waals surface area contributed by atoms with Crippen LogP contribution in [-0.2, 0) is 12.8 Å². The SMILES string of the molecule is OCc1nnn(-c2ccc(O)cc2)c1C(F)(F)F. The molecule has 5 nitrogen and oxygen atoms in total. The molecule has 0 aliphatic heterocycles. The van der Waals surface area contributed by atoms with E-state index in [1.54, 1.807) is 0 Å². The van der Waals surface area contributed by atoms with Crippen molar-refractivity contribution < 1.29 is 23.4 Å². The van der Waals surface area contributed by atoms with E-state index in [4.69, 9.17) is 10.2 Å². The fourth-order valence-electron chi connectivity index (χ4n) is 1.48. The molecule has 0 saturated heterocycles. The summed E-state index contributed by atoms with van der Waals surface area (Å²) in [5.41, 5.74) is -1.58. The fourth-order valence-corrected chi connectivity index (χ4v) is 1.48. The zero-order chi connectivity index (χ0) is 13.3. The topological polar surface area (TPSA) is 71.2 Å². The fraction of sp³-hybridized carbons (Fsp3) is 0.200. The number of phenolic OH excluding ortho intramolecular Hbond substituents is 1. The van der Waals surface area contributed by atoms with Crippen LogP contribution in [0.2, 0.25) is 0 Å². The van der Waals surface area contributed by atoms with Crippen molar-refractivity contribution >= 4 is 0 Å². The van der Waals surface area contributed by atoms with Crippen LogP contribution < -0.4 is 0 Å². The molecule has 0 aliphatic rings. The van der Waals surface area contributed by atoms with E-state index in [0.29, 0.717) is 4.68 Å². The second-order valence-corrected chi connectivity index (χ2v) is 3.47. The Bertz CT molecular complexity index is 548. The Morgan fingerprint density at radius 3 is 2.28 bits per heavy atom. The van der Waals surface area contributed by atoms with Crippen LogP contribution in [0.1, 0.15) is 11.4 Å². The van der Waals surface area contributed by atoms with Gasteiger partial charge in [0, 0.05) is 0 Å². The highest BCUT2D eigenvalue weighted by Crippen LogP contribution is 2.32. The molecule has 0 unspecified atom stereocenters. The van der Waals surface area contributed by atoms with Crippen molar-refractivity contribution in [1.82, 2.24) is 15.0 Å². The molecular formula is C10H8F3N3O2. The lowest BCUT2D eigenvalue weighted by Gasteiger charge is -2.10. The summed E-state index contributed by atoms with van der Waals surface area (Å²) in [6.07, 6.45) is -4.68. The highest BCUT2D eigenvalue weighted by molar-refractivity contribution is 5.38. The summed E-state index contributed by atoms with van der Waals surface area (Å²) in [7, 11) is 0. The van der Waals surface area contributed by atoms with Gasteiger partial charge in [0.2, 0.25) is 0 Å². The standard InChI is InChI=1S/C10H8F3N3O2/c11-10(12,13)9-8(5-17)14-15-16(9)6-1-3-7(18)4-2-6/h1-4,17-18H,5H2. The van der Waals surface area contributed by atoms with Gasteiger partial charge in [0.15, 0.2) is 5.69 Å². The van der Waals surface area contributed by atoms with E-state index in [9.17, 15) is 13.2 Å². The molecule has 0 aliphatic carbocycles. The number of hydrogen-bond acceptors (Lipinski definition) is 4. The molecule has 96 valence electrons. The van der Waals surface area contributed by atoms with E-state index >= 15 is 0 Å². The quantitative estimate of drug-likeness (QED) is 0.857. The van der Waals surface area contributed by atoms with Crippen molar-refractivity contribution in [3.05, 3.63) is 35.7 Å². The van der Waals surface area contributed by atoms with Crippen LogP contribution in [0.5, 0.6) is 5.75 Å². The Balaban J connectivity index is 2.58. The molecule has 18 heavy (non-hydrogen) atoms. The van der Waals surface area contributed by atoms with Gasteiger partial charge >= 0.3 is 6.18 Å². The first-order valence-corrected chi connectivity index (χ1v) is 4.85. The summed E-state index contributed by atoms with van der Waals surface area (Å²) in [4.78, 5) is 0. The minimum Gasteiger partial charge on any atom is -0.508 e. The molecule has 0 atom stereocenters. The number of hydrogen-bond donors (Lipinski definition) is 2. The van der Waals surface area contributed by atoms with Crippen LogP contribution in [0.15, 0.2) is 24.3 Å². The minimum atomic E-state index is -4.68. The number of halogens is 3.